The average molecular weight is 288 g/mol. The zero-order valence-electron chi connectivity index (χ0n) is 13.3. The summed E-state index contributed by atoms with van der Waals surface area (Å²) in [4.78, 5) is 0. The third kappa shape index (κ3) is 3.04. The molecule has 3 aromatic rings. The largest absolute Gasteiger partial charge is 0.457 e. The molecule has 0 saturated carbocycles. The van der Waals surface area contributed by atoms with Gasteiger partial charge in [0.05, 0.1) is 0 Å². The van der Waals surface area contributed by atoms with Crippen LogP contribution in [0.3, 0.4) is 0 Å². The molecule has 0 N–H and O–H groups in total. The van der Waals surface area contributed by atoms with Crippen LogP contribution in [0.5, 0.6) is 11.5 Å². The number of rotatable bonds is 3. The van der Waals surface area contributed by atoms with E-state index in [-0.39, 0.29) is 0 Å². The van der Waals surface area contributed by atoms with Gasteiger partial charge in [0.2, 0.25) is 0 Å². The molecular formula is C21H20O. The molecule has 3 rings (SSSR count). The van der Waals surface area contributed by atoms with Gasteiger partial charge in [-0.15, -0.1) is 0 Å². The van der Waals surface area contributed by atoms with Gasteiger partial charge in [-0.2, -0.15) is 0 Å². The number of benzene rings is 3. The van der Waals surface area contributed by atoms with Gasteiger partial charge in [0, 0.05) is 5.56 Å². The van der Waals surface area contributed by atoms with Crippen LogP contribution in [0, 0.1) is 20.8 Å². The fraction of sp³-hybridized carbons (Fsp3) is 0.143. The van der Waals surface area contributed by atoms with E-state index in [9.17, 15) is 0 Å². The molecule has 1 heteroatoms. The summed E-state index contributed by atoms with van der Waals surface area (Å²) in [7, 11) is 0. The summed E-state index contributed by atoms with van der Waals surface area (Å²) in [6.45, 7) is 6.32. The van der Waals surface area contributed by atoms with Gasteiger partial charge in [-0.05, 0) is 61.7 Å². The molecule has 0 saturated heterocycles. The standard InChI is InChI=1S/C21H20O/c1-15-7-6-9-18(13-15)22-21-12-11-16(2)14-20(21)19-10-5-4-8-17(19)3/h4-14H,1-3H3. The summed E-state index contributed by atoms with van der Waals surface area (Å²) in [6, 6.07) is 22.9. The van der Waals surface area contributed by atoms with Gasteiger partial charge in [-0.25, -0.2) is 0 Å². The van der Waals surface area contributed by atoms with Gasteiger partial charge in [0.15, 0.2) is 0 Å². The highest BCUT2D eigenvalue weighted by Gasteiger charge is 2.10. The van der Waals surface area contributed by atoms with E-state index in [1.807, 2.05) is 12.1 Å². The van der Waals surface area contributed by atoms with Crippen molar-refractivity contribution in [3.63, 3.8) is 0 Å². The lowest BCUT2D eigenvalue weighted by atomic mass is 9.98. The minimum Gasteiger partial charge on any atom is -0.457 e. The quantitative estimate of drug-likeness (QED) is 0.568. The smallest absolute Gasteiger partial charge is 0.135 e. The third-order valence-corrected chi connectivity index (χ3v) is 3.79. The maximum Gasteiger partial charge on any atom is 0.135 e. The summed E-state index contributed by atoms with van der Waals surface area (Å²) in [6.07, 6.45) is 0. The fourth-order valence-corrected chi connectivity index (χ4v) is 2.62. The molecular weight excluding hydrogens is 268 g/mol. The highest BCUT2D eigenvalue weighted by atomic mass is 16.5. The molecule has 0 spiro atoms. The van der Waals surface area contributed by atoms with Gasteiger partial charge in [0.1, 0.15) is 11.5 Å². The molecule has 22 heavy (non-hydrogen) atoms. The Balaban J connectivity index is 2.07. The van der Waals surface area contributed by atoms with Crippen LogP contribution in [-0.4, -0.2) is 0 Å². The summed E-state index contributed by atoms with van der Waals surface area (Å²) < 4.78 is 6.15. The molecule has 0 bridgehead atoms. The van der Waals surface area contributed by atoms with E-state index in [0.717, 1.165) is 17.1 Å². The Morgan fingerprint density at radius 2 is 1.41 bits per heavy atom. The molecule has 1 nitrogen and oxygen atoms in total. The molecule has 0 aromatic heterocycles. The number of ether oxygens (including phenoxy) is 1. The summed E-state index contributed by atoms with van der Waals surface area (Å²) in [5.74, 6) is 1.77. The zero-order valence-corrected chi connectivity index (χ0v) is 13.3. The first kappa shape index (κ1) is 14.4. The normalized spacial score (nSPS) is 10.5. The second kappa shape index (κ2) is 6.07. The first-order valence-corrected chi connectivity index (χ1v) is 7.54. The van der Waals surface area contributed by atoms with E-state index in [4.69, 9.17) is 4.74 Å². The summed E-state index contributed by atoms with van der Waals surface area (Å²) in [5, 5.41) is 0. The SMILES string of the molecule is Cc1cccc(Oc2ccc(C)cc2-c2ccccc2C)c1. The van der Waals surface area contributed by atoms with Gasteiger partial charge in [-0.1, -0.05) is 48.0 Å². The topological polar surface area (TPSA) is 9.23 Å². The van der Waals surface area contributed by atoms with Crippen molar-refractivity contribution in [2.75, 3.05) is 0 Å². The molecule has 0 aliphatic carbocycles. The molecule has 0 radical (unpaired) electrons. The molecule has 0 fully saturated rings. The minimum absolute atomic E-state index is 0.874. The van der Waals surface area contributed by atoms with E-state index in [2.05, 4.69) is 75.4 Å². The number of hydrogen-bond acceptors (Lipinski definition) is 1. The van der Waals surface area contributed by atoms with Crippen LogP contribution in [-0.2, 0) is 0 Å². The highest BCUT2D eigenvalue weighted by molar-refractivity contribution is 5.74. The molecule has 110 valence electrons. The molecule has 0 amide bonds. The summed E-state index contributed by atoms with van der Waals surface area (Å²) >= 11 is 0. The Bertz CT molecular complexity index is 803. The average Bonchev–Trinajstić information content (AvgIpc) is 2.50. The Kier molecular flexibility index (Phi) is 3.97. The Morgan fingerprint density at radius 3 is 2.18 bits per heavy atom. The van der Waals surface area contributed by atoms with Crippen LogP contribution in [0.1, 0.15) is 16.7 Å². The van der Waals surface area contributed by atoms with E-state index < -0.39 is 0 Å². The van der Waals surface area contributed by atoms with Gasteiger partial charge < -0.3 is 4.74 Å². The lowest BCUT2D eigenvalue weighted by Gasteiger charge is -2.14. The maximum absolute atomic E-state index is 6.15. The monoisotopic (exact) mass is 288 g/mol. The Hall–Kier alpha value is -2.54. The van der Waals surface area contributed by atoms with Crippen LogP contribution in [0.2, 0.25) is 0 Å². The second-order valence-corrected chi connectivity index (χ2v) is 5.73. The first-order valence-electron chi connectivity index (χ1n) is 7.54. The van der Waals surface area contributed by atoms with Crippen LogP contribution in [0.15, 0.2) is 66.7 Å². The third-order valence-electron chi connectivity index (χ3n) is 3.79. The molecule has 0 aliphatic rings. The van der Waals surface area contributed by atoms with Crippen molar-refractivity contribution in [2.24, 2.45) is 0 Å². The van der Waals surface area contributed by atoms with Crippen molar-refractivity contribution < 1.29 is 4.74 Å². The predicted octanol–water partition coefficient (Wildman–Crippen LogP) is 6.07. The fourth-order valence-electron chi connectivity index (χ4n) is 2.62. The van der Waals surface area contributed by atoms with Crippen molar-refractivity contribution >= 4 is 0 Å². The molecule has 0 atom stereocenters. The van der Waals surface area contributed by atoms with E-state index >= 15 is 0 Å². The van der Waals surface area contributed by atoms with Crippen LogP contribution < -0.4 is 4.74 Å². The van der Waals surface area contributed by atoms with Crippen LogP contribution in [0.25, 0.3) is 11.1 Å². The second-order valence-electron chi connectivity index (χ2n) is 5.73. The maximum atomic E-state index is 6.15. The van der Waals surface area contributed by atoms with E-state index in [1.54, 1.807) is 0 Å². The van der Waals surface area contributed by atoms with Crippen molar-refractivity contribution in [2.45, 2.75) is 20.8 Å². The Labute approximate surface area is 132 Å². The summed E-state index contributed by atoms with van der Waals surface area (Å²) in [5.41, 5.74) is 6.03. The molecule has 0 unspecified atom stereocenters. The van der Waals surface area contributed by atoms with Crippen LogP contribution in [0.4, 0.5) is 0 Å². The zero-order chi connectivity index (χ0) is 15.5. The Morgan fingerprint density at radius 1 is 0.636 bits per heavy atom. The molecule has 0 heterocycles. The van der Waals surface area contributed by atoms with Crippen molar-refractivity contribution in [3.05, 3.63) is 83.4 Å². The van der Waals surface area contributed by atoms with Crippen LogP contribution >= 0.6 is 0 Å². The first-order chi connectivity index (χ1) is 10.6. The molecule has 0 aliphatic heterocycles. The van der Waals surface area contributed by atoms with Gasteiger partial charge in [-0.3, -0.25) is 0 Å². The predicted molar refractivity (Wildman–Crippen MR) is 92.6 cm³/mol. The number of hydrogen-bond donors (Lipinski definition) is 0. The molecule has 3 aromatic carbocycles. The van der Waals surface area contributed by atoms with Crippen molar-refractivity contribution in [1.29, 1.82) is 0 Å². The highest BCUT2D eigenvalue weighted by Crippen LogP contribution is 2.35. The number of aryl methyl sites for hydroxylation is 3. The lowest BCUT2D eigenvalue weighted by Crippen LogP contribution is -1.91. The van der Waals surface area contributed by atoms with Gasteiger partial charge >= 0.3 is 0 Å². The lowest BCUT2D eigenvalue weighted by molar-refractivity contribution is 0.484. The van der Waals surface area contributed by atoms with E-state index in [1.165, 1.54) is 22.3 Å². The van der Waals surface area contributed by atoms with Crippen molar-refractivity contribution in [1.82, 2.24) is 0 Å². The minimum atomic E-state index is 0.874. The van der Waals surface area contributed by atoms with Crippen molar-refractivity contribution in [3.8, 4) is 22.6 Å². The van der Waals surface area contributed by atoms with Gasteiger partial charge in [0.25, 0.3) is 0 Å². The van der Waals surface area contributed by atoms with E-state index in [0.29, 0.717) is 0 Å².